The molecular weight excluding hydrogens is 300 g/mol. The van der Waals surface area contributed by atoms with Gasteiger partial charge in [0.05, 0.1) is 0 Å². The van der Waals surface area contributed by atoms with Gasteiger partial charge in [0.2, 0.25) is 0 Å². The van der Waals surface area contributed by atoms with E-state index >= 15 is 0 Å². The maximum absolute atomic E-state index is 12.2. The van der Waals surface area contributed by atoms with Crippen LogP contribution in [-0.4, -0.2) is 5.78 Å². The second-order valence-electron chi connectivity index (χ2n) is 5.81. The molecule has 19 heavy (non-hydrogen) atoms. The van der Waals surface area contributed by atoms with Crippen molar-refractivity contribution in [3.8, 4) is 0 Å². The summed E-state index contributed by atoms with van der Waals surface area (Å²) in [6, 6.07) is 7.75. The average Bonchev–Trinajstić information content (AvgIpc) is 2.42. The van der Waals surface area contributed by atoms with Crippen LogP contribution in [0.3, 0.4) is 0 Å². The Hall–Kier alpha value is -0.630. The largest absolute Gasteiger partial charge is 0.294 e. The van der Waals surface area contributed by atoms with Crippen LogP contribution in [0.5, 0.6) is 0 Å². The Morgan fingerprint density at radius 3 is 2.26 bits per heavy atom. The van der Waals surface area contributed by atoms with Gasteiger partial charge in [-0.25, -0.2) is 0 Å². The van der Waals surface area contributed by atoms with E-state index in [1.54, 1.807) is 0 Å². The van der Waals surface area contributed by atoms with Crippen molar-refractivity contribution in [1.82, 2.24) is 0 Å². The van der Waals surface area contributed by atoms with E-state index in [0.717, 1.165) is 22.4 Å². The smallest absolute Gasteiger partial charge is 0.163 e. The molecule has 2 heteroatoms. The van der Waals surface area contributed by atoms with E-state index in [0.29, 0.717) is 11.7 Å². The van der Waals surface area contributed by atoms with Gasteiger partial charge in [-0.15, -0.1) is 0 Å². The monoisotopic (exact) mass is 322 g/mol. The van der Waals surface area contributed by atoms with Crippen molar-refractivity contribution in [3.63, 3.8) is 0 Å². The van der Waals surface area contributed by atoms with Crippen molar-refractivity contribution in [1.29, 1.82) is 0 Å². The minimum atomic E-state index is 0.312. The number of halogens is 1. The van der Waals surface area contributed by atoms with E-state index < -0.39 is 0 Å². The molecule has 1 aliphatic carbocycles. The van der Waals surface area contributed by atoms with E-state index in [4.69, 9.17) is 0 Å². The molecule has 0 bridgehead atoms. The van der Waals surface area contributed by atoms with E-state index in [-0.39, 0.29) is 0 Å². The highest BCUT2D eigenvalue weighted by molar-refractivity contribution is 9.10. The number of Topliss-reactive ketones (excluding diaryl/α,β-unsaturated/α-hetero) is 1. The van der Waals surface area contributed by atoms with Crippen LogP contribution in [0, 0.1) is 11.8 Å². The van der Waals surface area contributed by atoms with Crippen LogP contribution in [0.1, 0.15) is 62.2 Å². The summed E-state index contributed by atoms with van der Waals surface area (Å²) in [5, 5.41) is 0. The minimum Gasteiger partial charge on any atom is -0.294 e. The molecule has 0 unspecified atom stereocenters. The lowest BCUT2D eigenvalue weighted by Crippen LogP contribution is -2.17. The molecular formula is C17H23BrO. The third-order valence-electron chi connectivity index (χ3n) is 4.30. The zero-order valence-corrected chi connectivity index (χ0v) is 13.3. The first kappa shape index (κ1) is 14.8. The molecule has 1 saturated carbocycles. The second kappa shape index (κ2) is 7.23. The third kappa shape index (κ3) is 4.45. The lowest BCUT2D eigenvalue weighted by atomic mass is 9.78. The van der Waals surface area contributed by atoms with Gasteiger partial charge in [-0.1, -0.05) is 60.7 Å². The number of carbonyl (C=O) groups is 1. The van der Waals surface area contributed by atoms with Crippen LogP contribution in [0.15, 0.2) is 28.7 Å². The van der Waals surface area contributed by atoms with Crippen molar-refractivity contribution >= 4 is 21.7 Å². The van der Waals surface area contributed by atoms with Crippen LogP contribution in [0.2, 0.25) is 0 Å². The fourth-order valence-corrected chi connectivity index (χ4v) is 3.41. The maximum atomic E-state index is 12.2. The Morgan fingerprint density at radius 1 is 1.11 bits per heavy atom. The molecule has 104 valence electrons. The zero-order valence-electron chi connectivity index (χ0n) is 11.7. The summed E-state index contributed by atoms with van der Waals surface area (Å²) in [4.78, 5) is 12.2. The number of hydrogen-bond acceptors (Lipinski definition) is 1. The molecule has 0 radical (unpaired) electrons. The summed E-state index contributed by atoms with van der Waals surface area (Å²) < 4.78 is 1.03. The van der Waals surface area contributed by atoms with Crippen molar-refractivity contribution in [2.24, 2.45) is 11.8 Å². The molecule has 0 amide bonds. The molecule has 0 saturated heterocycles. The summed E-state index contributed by atoms with van der Waals surface area (Å²) in [6.45, 7) is 2.27. The fraction of sp³-hybridized carbons (Fsp3) is 0.588. The highest BCUT2D eigenvalue weighted by Crippen LogP contribution is 2.33. The molecule has 1 aromatic rings. The highest BCUT2D eigenvalue weighted by atomic mass is 79.9. The van der Waals surface area contributed by atoms with Gasteiger partial charge in [0.1, 0.15) is 0 Å². The summed E-state index contributed by atoms with van der Waals surface area (Å²) in [5.41, 5.74) is 0.860. The zero-order chi connectivity index (χ0) is 13.7. The number of rotatable bonds is 5. The van der Waals surface area contributed by atoms with E-state index in [9.17, 15) is 4.79 Å². The van der Waals surface area contributed by atoms with E-state index in [1.807, 2.05) is 24.3 Å². The Balaban J connectivity index is 1.82. The number of hydrogen-bond donors (Lipinski definition) is 0. The van der Waals surface area contributed by atoms with Gasteiger partial charge in [0, 0.05) is 16.5 Å². The van der Waals surface area contributed by atoms with Gasteiger partial charge in [0.15, 0.2) is 5.78 Å². The van der Waals surface area contributed by atoms with E-state index in [2.05, 4.69) is 22.9 Å². The number of carbonyl (C=O) groups excluding carboxylic acids is 1. The first-order chi connectivity index (χ1) is 9.19. The normalized spacial score (nSPS) is 23.3. The number of benzene rings is 1. The van der Waals surface area contributed by atoms with Crippen LogP contribution in [-0.2, 0) is 0 Å². The lowest BCUT2D eigenvalue weighted by molar-refractivity contribution is 0.0942. The van der Waals surface area contributed by atoms with Crippen molar-refractivity contribution in [3.05, 3.63) is 34.3 Å². The maximum Gasteiger partial charge on any atom is 0.163 e. The van der Waals surface area contributed by atoms with E-state index in [1.165, 1.54) is 38.5 Å². The number of ketones is 1. The van der Waals surface area contributed by atoms with Crippen molar-refractivity contribution in [2.45, 2.75) is 51.9 Å². The Bertz CT molecular complexity index is 402. The molecule has 0 spiro atoms. The van der Waals surface area contributed by atoms with Gasteiger partial charge >= 0.3 is 0 Å². The quantitative estimate of drug-likeness (QED) is 0.642. The molecule has 1 aliphatic rings. The Labute approximate surface area is 124 Å². The molecule has 0 aromatic heterocycles. The topological polar surface area (TPSA) is 17.1 Å². The fourth-order valence-electron chi connectivity index (χ4n) is 3.15. The summed E-state index contributed by atoms with van der Waals surface area (Å²) in [5.74, 6) is 1.85. The standard InChI is InChI=1S/C17H23BrO/c1-2-3-13-4-6-14(7-5-13)12-17(19)15-8-10-16(18)11-9-15/h8-11,13-14H,2-7,12H2,1H3/t13-,14-. The molecule has 2 rings (SSSR count). The molecule has 1 fully saturated rings. The SMILES string of the molecule is CCC[C@H]1CC[C@H](CC(=O)c2ccc(Br)cc2)CC1. The second-order valence-corrected chi connectivity index (χ2v) is 6.73. The van der Waals surface area contributed by atoms with Gasteiger partial charge in [-0.3, -0.25) is 4.79 Å². The van der Waals surface area contributed by atoms with Gasteiger partial charge in [-0.05, 0) is 36.8 Å². The van der Waals surface area contributed by atoms with Crippen LogP contribution >= 0.6 is 15.9 Å². The first-order valence-corrected chi connectivity index (χ1v) is 8.27. The molecule has 0 aliphatic heterocycles. The van der Waals surface area contributed by atoms with Gasteiger partial charge in [-0.2, -0.15) is 0 Å². The molecule has 0 atom stereocenters. The highest BCUT2D eigenvalue weighted by Gasteiger charge is 2.22. The average molecular weight is 323 g/mol. The van der Waals surface area contributed by atoms with Crippen LogP contribution in [0.25, 0.3) is 0 Å². The van der Waals surface area contributed by atoms with Crippen LogP contribution < -0.4 is 0 Å². The molecule has 0 heterocycles. The predicted molar refractivity (Wildman–Crippen MR) is 83.4 cm³/mol. The van der Waals surface area contributed by atoms with Crippen molar-refractivity contribution < 1.29 is 4.79 Å². The minimum absolute atomic E-state index is 0.312. The first-order valence-electron chi connectivity index (χ1n) is 7.47. The predicted octanol–water partition coefficient (Wildman–Crippen LogP) is 5.63. The molecule has 1 nitrogen and oxygen atoms in total. The summed E-state index contributed by atoms with van der Waals surface area (Å²) >= 11 is 3.40. The lowest BCUT2D eigenvalue weighted by Gasteiger charge is -2.27. The van der Waals surface area contributed by atoms with Crippen molar-refractivity contribution in [2.75, 3.05) is 0 Å². The van der Waals surface area contributed by atoms with Gasteiger partial charge < -0.3 is 0 Å². The molecule has 1 aromatic carbocycles. The third-order valence-corrected chi connectivity index (χ3v) is 4.83. The summed E-state index contributed by atoms with van der Waals surface area (Å²) in [6.07, 6.45) is 8.54. The summed E-state index contributed by atoms with van der Waals surface area (Å²) in [7, 11) is 0. The molecule has 0 N–H and O–H groups in total. The Kier molecular flexibility index (Phi) is 5.62. The Morgan fingerprint density at radius 2 is 1.68 bits per heavy atom. The van der Waals surface area contributed by atoms with Crippen LogP contribution in [0.4, 0.5) is 0 Å². The van der Waals surface area contributed by atoms with Gasteiger partial charge in [0.25, 0.3) is 0 Å².